The number of carbonyl (C=O) groups is 2. The third-order valence-electron chi connectivity index (χ3n) is 4.28. The van der Waals surface area contributed by atoms with Crippen molar-refractivity contribution in [1.82, 2.24) is 14.5 Å². The van der Waals surface area contributed by atoms with Crippen molar-refractivity contribution in [3.05, 3.63) is 17.0 Å². The second-order valence-electron chi connectivity index (χ2n) is 6.22. The summed E-state index contributed by atoms with van der Waals surface area (Å²) in [4.78, 5) is 26.1. The zero-order valence-electron chi connectivity index (χ0n) is 14.1. The topological polar surface area (TPSA) is 86.8 Å². The molecule has 0 aromatic carbocycles. The van der Waals surface area contributed by atoms with Crippen LogP contribution in [0.25, 0.3) is 0 Å². The van der Waals surface area contributed by atoms with Crippen molar-refractivity contribution in [2.24, 2.45) is 0 Å². The van der Waals surface area contributed by atoms with E-state index in [1.54, 1.807) is 24.1 Å². The van der Waals surface area contributed by atoms with E-state index in [0.29, 0.717) is 12.3 Å². The van der Waals surface area contributed by atoms with Gasteiger partial charge in [0.25, 0.3) is 10.0 Å². The van der Waals surface area contributed by atoms with Gasteiger partial charge in [-0.05, 0) is 25.0 Å². The minimum Gasteiger partial charge on any atom is -0.351 e. The molecule has 10 heteroatoms. The van der Waals surface area contributed by atoms with Gasteiger partial charge in [0, 0.05) is 30.6 Å². The van der Waals surface area contributed by atoms with Gasteiger partial charge in [-0.15, -0.1) is 23.1 Å². The van der Waals surface area contributed by atoms with E-state index >= 15 is 0 Å². The fraction of sp³-hybridized carbons (Fsp3) is 0.600. The Morgan fingerprint density at radius 1 is 1.36 bits per heavy atom. The molecular weight excluding hydrogens is 382 g/mol. The molecule has 1 aromatic rings. The van der Waals surface area contributed by atoms with Crippen LogP contribution in [0.1, 0.15) is 24.6 Å². The number of nitrogens with zero attached hydrogens (tertiary/aromatic N) is 2. The number of likely N-dealkylation sites (N-methyl/N-ethyl adjacent to an activating group) is 1. The number of nitrogens with one attached hydrogen (secondary N) is 1. The molecular formula is C15H21N3O4S3. The van der Waals surface area contributed by atoms with E-state index in [1.165, 1.54) is 23.0 Å². The minimum absolute atomic E-state index is 0.119. The maximum Gasteiger partial charge on any atom is 0.254 e. The predicted molar refractivity (Wildman–Crippen MR) is 97.8 cm³/mol. The van der Waals surface area contributed by atoms with Gasteiger partial charge in [0.05, 0.1) is 12.4 Å². The summed E-state index contributed by atoms with van der Waals surface area (Å²) in [5.41, 5.74) is 0. The first kappa shape index (κ1) is 18.7. The molecule has 2 amide bonds. The monoisotopic (exact) mass is 403 g/mol. The highest BCUT2D eigenvalue weighted by Gasteiger charge is 2.43. The van der Waals surface area contributed by atoms with Gasteiger partial charge in [-0.25, -0.2) is 8.42 Å². The van der Waals surface area contributed by atoms with E-state index in [2.05, 4.69) is 5.32 Å². The molecule has 1 aliphatic carbocycles. The number of carbonyl (C=O) groups excluding carboxylic acids is 2. The zero-order chi connectivity index (χ0) is 18.2. The average Bonchev–Trinajstić information content (AvgIpc) is 3.10. The Kier molecular flexibility index (Phi) is 5.42. The molecule has 1 unspecified atom stereocenters. The van der Waals surface area contributed by atoms with Gasteiger partial charge in [0.15, 0.2) is 0 Å². The van der Waals surface area contributed by atoms with Crippen LogP contribution in [0.4, 0.5) is 0 Å². The molecule has 1 aliphatic heterocycles. The molecule has 3 rings (SSSR count). The Hall–Kier alpha value is -1.10. The highest BCUT2D eigenvalue weighted by molar-refractivity contribution is 8.01. The number of hydrogen-bond donors (Lipinski definition) is 1. The van der Waals surface area contributed by atoms with Crippen molar-refractivity contribution in [2.45, 2.75) is 42.6 Å². The average molecular weight is 404 g/mol. The number of amides is 2. The third-order valence-corrected chi connectivity index (χ3v) is 8.86. The standard InChI is InChI=1S/C15H21N3O4S3/c1-10(19)16-7-12-5-6-14(24-12)25(21,22)18-9-23-8-13(18)15(20)17(2)11-3-4-11/h5-6,11,13H,3-4,7-9H2,1-2H3,(H,16,19). The van der Waals surface area contributed by atoms with Crippen molar-refractivity contribution < 1.29 is 18.0 Å². The minimum atomic E-state index is -3.72. The Morgan fingerprint density at radius 3 is 2.72 bits per heavy atom. The van der Waals surface area contributed by atoms with Crippen LogP contribution in [-0.2, 0) is 26.2 Å². The van der Waals surface area contributed by atoms with Crippen molar-refractivity contribution >= 4 is 44.9 Å². The molecule has 138 valence electrons. The van der Waals surface area contributed by atoms with Gasteiger partial charge < -0.3 is 10.2 Å². The molecule has 1 saturated heterocycles. The van der Waals surface area contributed by atoms with Crippen LogP contribution >= 0.6 is 23.1 Å². The molecule has 1 atom stereocenters. The number of rotatable bonds is 6. The Bertz CT molecular complexity index is 773. The quantitative estimate of drug-likeness (QED) is 0.768. The van der Waals surface area contributed by atoms with Gasteiger partial charge in [-0.2, -0.15) is 4.31 Å². The lowest BCUT2D eigenvalue weighted by Gasteiger charge is -2.26. The van der Waals surface area contributed by atoms with Crippen LogP contribution in [0.15, 0.2) is 16.3 Å². The van der Waals surface area contributed by atoms with Gasteiger partial charge >= 0.3 is 0 Å². The lowest BCUT2D eigenvalue weighted by Crippen LogP contribution is -2.48. The molecule has 1 N–H and O–H groups in total. The van der Waals surface area contributed by atoms with Crippen LogP contribution in [0.5, 0.6) is 0 Å². The number of hydrogen-bond acceptors (Lipinski definition) is 6. The lowest BCUT2D eigenvalue weighted by molar-refractivity contribution is -0.133. The summed E-state index contributed by atoms with van der Waals surface area (Å²) < 4.78 is 27.5. The largest absolute Gasteiger partial charge is 0.351 e. The summed E-state index contributed by atoms with van der Waals surface area (Å²) in [7, 11) is -1.96. The van der Waals surface area contributed by atoms with Gasteiger partial charge in [0.1, 0.15) is 10.3 Å². The maximum absolute atomic E-state index is 13.0. The van der Waals surface area contributed by atoms with Gasteiger partial charge in [-0.1, -0.05) is 0 Å². The number of thioether (sulfide) groups is 1. The lowest BCUT2D eigenvalue weighted by atomic mass is 10.3. The Balaban J connectivity index is 1.76. The third kappa shape index (κ3) is 4.02. The van der Waals surface area contributed by atoms with Crippen molar-refractivity contribution in [3.8, 4) is 0 Å². The first-order valence-corrected chi connectivity index (χ1v) is 11.4. The fourth-order valence-corrected chi connectivity index (χ4v) is 7.21. The molecule has 0 bridgehead atoms. The first-order chi connectivity index (χ1) is 11.8. The van der Waals surface area contributed by atoms with Gasteiger partial charge in [-0.3, -0.25) is 9.59 Å². The molecule has 0 radical (unpaired) electrons. The fourth-order valence-electron chi connectivity index (χ4n) is 2.65. The smallest absolute Gasteiger partial charge is 0.254 e. The second kappa shape index (κ2) is 7.26. The van der Waals surface area contributed by atoms with Crippen LogP contribution < -0.4 is 5.32 Å². The van der Waals surface area contributed by atoms with Crippen molar-refractivity contribution in [3.63, 3.8) is 0 Å². The van der Waals surface area contributed by atoms with E-state index in [9.17, 15) is 18.0 Å². The molecule has 1 aromatic heterocycles. The van der Waals surface area contributed by atoms with Crippen LogP contribution in [-0.4, -0.2) is 60.2 Å². The first-order valence-electron chi connectivity index (χ1n) is 8.00. The van der Waals surface area contributed by atoms with E-state index in [-0.39, 0.29) is 27.9 Å². The molecule has 0 spiro atoms. The summed E-state index contributed by atoms with van der Waals surface area (Å²) in [5.74, 6) is 0.490. The number of thiophene rings is 1. The highest BCUT2D eigenvalue weighted by Crippen LogP contribution is 2.34. The maximum atomic E-state index is 13.0. The Morgan fingerprint density at radius 2 is 2.08 bits per heavy atom. The summed E-state index contributed by atoms with van der Waals surface area (Å²) in [6.07, 6.45) is 1.98. The van der Waals surface area contributed by atoms with E-state index < -0.39 is 16.1 Å². The molecule has 1 saturated carbocycles. The van der Waals surface area contributed by atoms with Crippen LogP contribution in [0.3, 0.4) is 0 Å². The zero-order valence-corrected chi connectivity index (χ0v) is 16.5. The SMILES string of the molecule is CC(=O)NCc1ccc(S(=O)(=O)N2CSCC2C(=O)N(C)C2CC2)s1. The molecule has 2 heterocycles. The van der Waals surface area contributed by atoms with Crippen LogP contribution in [0, 0.1) is 0 Å². The second-order valence-corrected chi connectivity index (χ2v) is 10.5. The summed E-state index contributed by atoms with van der Waals surface area (Å²) >= 11 is 2.59. The van der Waals surface area contributed by atoms with Crippen LogP contribution in [0.2, 0.25) is 0 Å². The number of sulfonamides is 1. The highest BCUT2D eigenvalue weighted by atomic mass is 32.2. The van der Waals surface area contributed by atoms with Gasteiger partial charge in [0.2, 0.25) is 11.8 Å². The Labute approximate surface area is 155 Å². The normalized spacial score (nSPS) is 21.3. The summed E-state index contributed by atoms with van der Waals surface area (Å²) in [6, 6.07) is 2.87. The molecule has 7 nitrogen and oxygen atoms in total. The van der Waals surface area contributed by atoms with E-state index in [1.807, 2.05) is 0 Å². The summed E-state index contributed by atoms with van der Waals surface area (Å²) in [5, 5.41) is 2.66. The molecule has 2 aliphatic rings. The predicted octanol–water partition coefficient (Wildman–Crippen LogP) is 1.07. The molecule has 2 fully saturated rings. The van der Waals surface area contributed by atoms with E-state index in [0.717, 1.165) is 29.1 Å². The van der Waals surface area contributed by atoms with Crippen molar-refractivity contribution in [2.75, 3.05) is 18.7 Å². The van der Waals surface area contributed by atoms with Crippen molar-refractivity contribution in [1.29, 1.82) is 0 Å². The van der Waals surface area contributed by atoms with E-state index in [4.69, 9.17) is 0 Å². The molecule has 25 heavy (non-hydrogen) atoms. The summed E-state index contributed by atoms with van der Waals surface area (Å²) in [6.45, 7) is 1.72.